The second-order valence-electron chi connectivity index (χ2n) is 11.4. The number of benzene rings is 8. The van der Waals surface area contributed by atoms with E-state index in [1.54, 1.807) is 0 Å². The Bertz CT molecular complexity index is 2270. The van der Waals surface area contributed by atoms with Crippen molar-refractivity contribution in [2.24, 2.45) is 0 Å². The van der Waals surface area contributed by atoms with Crippen molar-refractivity contribution in [3.63, 3.8) is 0 Å². The Morgan fingerprint density at radius 3 is 1.65 bits per heavy atom. The monoisotopic (exact) mass is 546 g/mol. The van der Waals surface area contributed by atoms with Crippen LogP contribution < -0.4 is 0 Å². The van der Waals surface area contributed by atoms with Gasteiger partial charge in [-0.3, -0.25) is 0 Å². The molecular formula is C43H30. The Morgan fingerprint density at radius 2 is 0.860 bits per heavy atom. The highest BCUT2D eigenvalue weighted by Gasteiger charge is 2.19. The lowest BCUT2D eigenvalue weighted by Gasteiger charge is -2.20. The Kier molecular flexibility index (Phi) is 6.12. The lowest BCUT2D eigenvalue weighted by molar-refractivity contribution is 1.51. The molecule has 8 aromatic carbocycles. The molecule has 0 atom stereocenters. The van der Waals surface area contributed by atoms with Gasteiger partial charge in [-0.25, -0.2) is 0 Å². The number of aryl methyl sites for hydroxylation is 1. The molecule has 0 aliphatic rings. The summed E-state index contributed by atoms with van der Waals surface area (Å²) in [6, 6.07) is 59.9. The molecule has 8 rings (SSSR count). The van der Waals surface area contributed by atoms with E-state index in [1.807, 2.05) is 0 Å². The molecule has 0 spiro atoms. The van der Waals surface area contributed by atoms with Crippen LogP contribution in [0.25, 0.3) is 76.8 Å². The molecule has 0 N–H and O–H groups in total. The van der Waals surface area contributed by atoms with Crippen LogP contribution in [0, 0.1) is 6.92 Å². The van der Waals surface area contributed by atoms with Crippen LogP contribution in [0.2, 0.25) is 0 Å². The zero-order chi connectivity index (χ0) is 28.8. The molecule has 0 heteroatoms. The molecule has 0 saturated heterocycles. The van der Waals surface area contributed by atoms with Gasteiger partial charge in [0.25, 0.3) is 0 Å². The van der Waals surface area contributed by atoms with Crippen LogP contribution in [0.15, 0.2) is 164 Å². The third-order valence-electron chi connectivity index (χ3n) is 8.72. The molecule has 43 heavy (non-hydrogen) atoms. The van der Waals surface area contributed by atoms with Crippen LogP contribution in [0.1, 0.15) is 5.56 Å². The number of fused-ring (bicyclic) bond motifs is 3. The summed E-state index contributed by atoms with van der Waals surface area (Å²) < 4.78 is 0. The van der Waals surface area contributed by atoms with Crippen molar-refractivity contribution >= 4 is 32.3 Å². The normalized spacial score (nSPS) is 11.4. The topological polar surface area (TPSA) is 0 Å². The molecule has 0 bridgehead atoms. The average Bonchev–Trinajstić information content (AvgIpc) is 3.07. The molecule has 0 radical (unpaired) electrons. The molecule has 8 aromatic rings. The first-order valence-corrected chi connectivity index (χ1v) is 14.9. The van der Waals surface area contributed by atoms with Crippen molar-refractivity contribution in [3.05, 3.63) is 169 Å². The van der Waals surface area contributed by atoms with E-state index in [1.165, 1.54) is 82.4 Å². The van der Waals surface area contributed by atoms with Crippen molar-refractivity contribution in [1.82, 2.24) is 0 Å². The molecular weight excluding hydrogens is 516 g/mol. The maximum absolute atomic E-state index is 2.37. The minimum Gasteiger partial charge on any atom is -0.0622 e. The summed E-state index contributed by atoms with van der Waals surface area (Å²) in [5.41, 5.74) is 11.3. The largest absolute Gasteiger partial charge is 0.0622 e. The zero-order valence-corrected chi connectivity index (χ0v) is 24.1. The minimum atomic E-state index is 1.22. The summed E-state index contributed by atoms with van der Waals surface area (Å²) in [6.45, 7) is 2.20. The smallest absolute Gasteiger partial charge is 0.00200 e. The van der Waals surface area contributed by atoms with Crippen LogP contribution in [-0.2, 0) is 0 Å². The van der Waals surface area contributed by atoms with Crippen molar-refractivity contribution in [2.45, 2.75) is 6.92 Å². The summed E-state index contributed by atoms with van der Waals surface area (Å²) in [5.74, 6) is 0. The van der Waals surface area contributed by atoms with Gasteiger partial charge in [0.2, 0.25) is 0 Å². The fraction of sp³-hybridized carbons (Fsp3) is 0.0233. The zero-order valence-electron chi connectivity index (χ0n) is 24.1. The van der Waals surface area contributed by atoms with Crippen molar-refractivity contribution in [1.29, 1.82) is 0 Å². The molecule has 0 nitrogen and oxygen atoms in total. The summed E-state index contributed by atoms with van der Waals surface area (Å²) in [6.07, 6.45) is 0. The molecule has 0 fully saturated rings. The highest BCUT2D eigenvalue weighted by molar-refractivity contribution is 6.22. The second-order valence-corrected chi connectivity index (χ2v) is 11.4. The van der Waals surface area contributed by atoms with E-state index in [0.29, 0.717) is 0 Å². The lowest BCUT2D eigenvalue weighted by Crippen LogP contribution is -1.93. The van der Waals surface area contributed by atoms with Crippen molar-refractivity contribution < 1.29 is 0 Å². The van der Waals surface area contributed by atoms with Gasteiger partial charge in [-0.2, -0.15) is 0 Å². The number of hydrogen-bond donors (Lipinski definition) is 0. The van der Waals surface area contributed by atoms with Gasteiger partial charge in [0.1, 0.15) is 0 Å². The highest BCUT2D eigenvalue weighted by Crippen LogP contribution is 2.46. The predicted molar refractivity (Wildman–Crippen MR) is 185 cm³/mol. The van der Waals surface area contributed by atoms with Crippen LogP contribution in [-0.4, -0.2) is 0 Å². The van der Waals surface area contributed by atoms with Crippen LogP contribution in [0.5, 0.6) is 0 Å². The van der Waals surface area contributed by atoms with Crippen LogP contribution >= 0.6 is 0 Å². The van der Waals surface area contributed by atoms with E-state index in [2.05, 4.69) is 171 Å². The molecule has 0 unspecified atom stereocenters. The van der Waals surface area contributed by atoms with Gasteiger partial charge in [0.15, 0.2) is 0 Å². The fourth-order valence-corrected chi connectivity index (χ4v) is 6.66. The quantitative estimate of drug-likeness (QED) is 0.193. The van der Waals surface area contributed by atoms with Gasteiger partial charge in [0, 0.05) is 0 Å². The molecule has 0 aromatic heterocycles. The molecule has 0 aliphatic carbocycles. The molecule has 202 valence electrons. The molecule has 0 saturated carbocycles. The SMILES string of the molecule is Cc1ccc2c(-c3ccc4ccccc4c3)c3ccccc3c(-c3ccccc3-c3ccc(-c4ccccc4)cc3)c2c1. The van der Waals surface area contributed by atoms with E-state index in [9.17, 15) is 0 Å². The summed E-state index contributed by atoms with van der Waals surface area (Å²) in [5, 5.41) is 7.65. The van der Waals surface area contributed by atoms with Gasteiger partial charge in [-0.1, -0.05) is 163 Å². The first-order chi connectivity index (χ1) is 21.2. The van der Waals surface area contributed by atoms with Crippen LogP contribution in [0.3, 0.4) is 0 Å². The van der Waals surface area contributed by atoms with Gasteiger partial charge in [0.05, 0.1) is 0 Å². The Hall–Kier alpha value is -5.46. The Labute approximate surface area is 252 Å². The minimum absolute atomic E-state index is 1.22. The highest BCUT2D eigenvalue weighted by atomic mass is 14.2. The van der Waals surface area contributed by atoms with Gasteiger partial charge in [-0.15, -0.1) is 0 Å². The average molecular weight is 547 g/mol. The lowest BCUT2D eigenvalue weighted by atomic mass is 9.83. The van der Waals surface area contributed by atoms with Crippen LogP contribution in [0.4, 0.5) is 0 Å². The third-order valence-corrected chi connectivity index (χ3v) is 8.72. The maximum atomic E-state index is 2.37. The first kappa shape index (κ1) is 25.3. The standard InChI is InChI=1S/C43H30/c1-29-19-26-40-41(27-29)43(37-16-8-7-15-36(37)33-23-20-32(21-24-33)30-11-3-2-4-12-30)39-18-10-9-17-38(39)42(40)35-25-22-31-13-5-6-14-34(31)28-35/h2-28H,1H3. The fourth-order valence-electron chi connectivity index (χ4n) is 6.66. The van der Waals surface area contributed by atoms with E-state index in [-0.39, 0.29) is 0 Å². The van der Waals surface area contributed by atoms with Gasteiger partial charge >= 0.3 is 0 Å². The van der Waals surface area contributed by atoms with E-state index < -0.39 is 0 Å². The van der Waals surface area contributed by atoms with Gasteiger partial charge < -0.3 is 0 Å². The number of hydrogen-bond acceptors (Lipinski definition) is 0. The summed E-state index contributed by atoms with van der Waals surface area (Å²) in [7, 11) is 0. The van der Waals surface area contributed by atoms with E-state index in [4.69, 9.17) is 0 Å². The summed E-state index contributed by atoms with van der Waals surface area (Å²) >= 11 is 0. The molecule has 0 heterocycles. The maximum Gasteiger partial charge on any atom is -0.00200 e. The molecule has 0 amide bonds. The predicted octanol–water partition coefficient (Wildman–Crippen LogP) is 12.1. The van der Waals surface area contributed by atoms with Gasteiger partial charge in [-0.05, 0) is 89.8 Å². The summed E-state index contributed by atoms with van der Waals surface area (Å²) in [4.78, 5) is 0. The number of rotatable bonds is 4. The second kappa shape index (κ2) is 10.4. The van der Waals surface area contributed by atoms with E-state index in [0.717, 1.165) is 0 Å². The van der Waals surface area contributed by atoms with Crippen molar-refractivity contribution in [2.75, 3.05) is 0 Å². The first-order valence-electron chi connectivity index (χ1n) is 14.9. The third kappa shape index (κ3) is 4.40. The van der Waals surface area contributed by atoms with Crippen molar-refractivity contribution in [3.8, 4) is 44.5 Å². The Balaban J connectivity index is 1.40. The van der Waals surface area contributed by atoms with E-state index >= 15 is 0 Å². The molecule has 0 aliphatic heterocycles. The Morgan fingerprint density at radius 1 is 0.302 bits per heavy atom.